The van der Waals surface area contributed by atoms with Gasteiger partial charge < -0.3 is 15.6 Å². The molecular weight excluding hydrogens is 526 g/mol. The third-order valence-corrected chi connectivity index (χ3v) is 8.02. The van der Waals surface area contributed by atoms with E-state index in [0.717, 1.165) is 43.4 Å². The van der Waals surface area contributed by atoms with E-state index in [2.05, 4.69) is 46.4 Å². The Morgan fingerprint density at radius 3 is 2.31 bits per heavy atom. The molecule has 0 bridgehead atoms. The lowest BCUT2D eigenvalue weighted by Crippen LogP contribution is -2.40. The molecule has 2 aromatic rings. The fourth-order valence-corrected chi connectivity index (χ4v) is 5.55. The molecule has 236 valence electrons. The minimum Gasteiger partial charge on any atom is -0.478 e. The molecule has 0 saturated carbocycles. The number of aliphatic carboxylic acids is 1. The lowest BCUT2D eigenvalue weighted by molar-refractivity contribution is -0.154. The highest BCUT2D eigenvalue weighted by Gasteiger charge is 2.33. The molecular formula is C35H57N3O4. The molecule has 2 rings (SSSR count). The van der Waals surface area contributed by atoms with E-state index in [1.165, 1.54) is 0 Å². The molecule has 0 saturated heterocycles. The fourth-order valence-electron chi connectivity index (χ4n) is 5.55. The van der Waals surface area contributed by atoms with Crippen molar-refractivity contribution >= 4 is 5.97 Å². The van der Waals surface area contributed by atoms with E-state index < -0.39 is 11.6 Å². The van der Waals surface area contributed by atoms with Crippen LogP contribution in [0.4, 0.5) is 0 Å². The van der Waals surface area contributed by atoms with Crippen LogP contribution in [0.25, 0.3) is 0 Å². The molecule has 0 fully saturated rings. The molecule has 1 aromatic carbocycles. The first-order valence-corrected chi connectivity index (χ1v) is 15.8. The summed E-state index contributed by atoms with van der Waals surface area (Å²) in [6, 6.07) is 7.71. The van der Waals surface area contributed by atoms with Gasteiger partial charge in [0.25, 0.3) is 0 Å². The molecule has 0 radical (unpaired) electrons. The summed E-state index contributed by atoms with van der Waals surface area (Å²) >= 11 is 0. The van der Waals surface area contributed by atoms with Crippen LogP contribution in [0.5, 0.6) is 5.75 Å². The number of benzene rings is 1. The zero-order chi connectivity index (χ0) is 31.9. The number of aromatic nitrogens is 2. The summed E-state index contributed by atoms with van der Waals surface area (Å²) in [6.45, 7) is 21.1. The second-order valence-corrected chi connectivity index (χ2v) is 11.4. The maximum atomic E-state index is 13.2. The smallest absolute Gasteiger partial charge is 0.347 e. The van der Waals surface area contributed by atoms with Crippen molar-refractivity contribution in [2.45, 2.75) is 119 Å². The monoisotopic (exact) mass is 583 g/mol. The summed E-state index contributed by atoms with van der Waals surface area (Å²) in [7, 11) is 0. The number of rotatable bonds is 18. The number of allylic oxidation sites excluding steroid dienone is 3. The first-order chi connectivity index (χ1) is 20.0. The summed E-state index contributed by atoms with van der Waals surface area (Å²) in [4.78, 5) is 24.7. The summed E-state index contributed by atoms with van der Waals surface area (Å²) in [5.74, 6) is 0.678. The van der Waals surface area contributed by atoms with Gasteiger partial charge in [-0.25, -0.2) is 9.59 Å². The van der Waals surface area contributed by atoms with E-state index in [1.54, 1.807) is 13.8 Å². The first-order valence-electron chi connectivity index (χ1n) is 15.8. The minimum atomic E-state index is -1.24. The maximum absolute atomic E-state index is 13.2. The fraction of sp³-hybridized carbons (Fsp3) is 0.600. The minimum absolute atomic E-state index is 0.0387. The molecule has 3 N–H and O–H groups in total. The van der Waals surface area contributed by atoms with Gasteiger partial charge in [0.1, 0.15) is 5.75 Å². The molecule has 0 aliphatic heterocycles. The molecule has 7 nitrogen and oxygen atoms in total. The predicted molar refractivity (Wildman–Crippen MR) is 175 cm³/mol. The van der Waals surface area contributed by atoms with Gasteiger partial charge in [0.15, 0.2) is 0 Å². The van der Waals surface area contributed by atoms with Gasteiger partial charge in [0, 0.05) is 31.0 Å². The van der Waals surface area contributed by atoms with Crippen molar-refractivity contribution in [3.05, 3.63) is 77.0 Å². The van der Waals surface area contributed by atoms with E-state index in [-0.39, 0.29) is 11.7 Å². The van der Waals surface area contributed by atoms with Gasteiger partial charge in [-0.1, -0.05) is 71.9 Å². The Hall–Kier alpha value is -3.06. The van der Waals surface area contributed by atoms with Crippen molar-refractivity contribution in [3.8, 4) is 5.75 Å². The second-order valence-electron chi connectivity index (χ2n) is 11.4. The van der Waals surface area contributed by atoms with Gasteiger partial charge in [0.2, 0.25) is 5.60 Å². The Balaban J connectivity index is 0.00000431. The number of carbonyl (C=O) groups is 1. The van der Waals surface area contributed by atoms with Crippen molar-refractivity contribution in [2.24, 2.45) is 23.5 Å². The zero-order valence-electron chi connectivity index (χ0n) is 27.4. The molecule has 1 aromatic heterocycles. The lowest BCUT2D eigenvalue weighted by atomic mass is 9.77. The standard InChI is InChI=1S/C33H51N3O4.C2H6/c1-8-13-24(4)30(26(6)34)25(5)14-12-22-35-23-28(36(21-9-2)32(35)39)16-11-15-27-17-19-29(20-18-27)40-33(7,10-3)31(37)38;1-2/h8,12,14,17-20,23-26,30H,1,9-11,13,15-16,21-22,34H2,2-7H3,(H,37,38);1-2H3/b14-12+;. The van der Waals surface area contributed by atoms with E-state index in [1.807, 2.05) is 59.5 Å². The molecule has 0 amide bonds. The molecule has 5 unspecified atom stereocenters. The highest BCUT2D eigenvalue weighted by atomic mass is 16.5. The number of nitrogens with two attached hydrogens (primary N) is 1. The van der Waals surface area contributed by atoms with Gasteiger partial charge in [-0.15, -0.1) is 6.58 Å². The van der Waals surface area contributed by atoms with Crippen LogP contribution >= 0.6 is 0 Å². The van der Waals surface area contributed by atoms with Crippen LogP contribution in [0, 0.1) is 17.8 Å². The van der Waals surface area contributed by atoms with Crippen LogP contribution in [0.15, 0.2) is 60.1 Å². The summed E-state index contributed by atoms with van der Waals surface area (Å²) in [5.41, 5.74) is 7.32. The Morgan fingerprint density at radius 1 is 1.14 bits per heavy atom. The summed E-state index contributed by atoms with van der Waals surface area (Å²) in [6.07, 6.45) is 13.0. The Morgan fingerprint density at radius 2 is 1.79 bits per heavy atom. The quantitative estimate of drug-likeness (QED) is 0.180. The molecule has 0 aliphatic carbocycles. The number of hydrogen-bond acceptors (Lipinski definition) is 4. The number of nitrogens with zero attached hydrogens (tertiary/aromatic N) is 2. The molecule has 5 atom stereocenters. The number of aryl methyl sites for hydroxylation is 2. The van der Waals surface area contributed by atoms with Crippen molar-refractivity contribution < 1.29 is 14.6 Å². The Bertz CT molecular complexity index is 1160. The number of hydrogen-bond donors (Lipinski definition) is 2. The largest absolute Gasteiger partial charge is 0.478 e. The average molecular weight is 584 g/mol. The number of carboxylic acids is 1. The average Bonchev–Trinajstić information content (AvgIpc) is 3.24. The highest BCUT2D eigenvalue weighted by molar-refractivity contribution is 5.77. The molecule has 7 heteroatoms. The SMILES string of the molecule is C=CCC(C)C(C(C)N)C(C)/C=C/Cn1cc(CCCc2ccc(OC(C)(CC)C(=O)O)cc2)n(CCC)c1=O.CC. The van der Waals surface area contributed by atoms with E-state index in [0.29, 0.717) is 43.0 Å². The maximum Gasteiger partial charge on any atom is 0.347 e. The number of imidazole rings is 1. The molecule has 42 heavy (non-hydrogen) atoms. The van der Waals surface area contributed by atoms with Crippen molar-refractivity contribution in [1.82, 2.24) is 9.13 Å². The van der Waals surface area contributed by atoms with Crippen LogP contribution in [0.2, 0.25) is 0 Å². The lowest BCUT2D eigenvalue weighted by Gasteiger charge is -2.30. The van der Waals surface area contributed by atoms with Crippen LogP contribution in [-0.2, 0) is 30.7 Å². The van der Waals surface area contributed by atoms with Crippen LogP contribution in [-0.4, -0.2) is 31.9 Å². The van der Waals surface area contributed by atoms with E-state index >= 15 is 0 Å². The van der Waals surface area contributed by atoms with E-state index in [9.17, 15) is 14.7 Å². The van der Waals surface area contributed by atoms with Gasteiger partial charge in [-0.2, -0.15) is 0 Å². The Labute approximate surface area is 254 Å². The second kappa shape index (κ2) is 18.5. The van der Waals surface area contributed by atoms with Crippen molar-refractivity contribution in [1.29, 1.82) is 0 Å². The van der Waals surface area contributed by atoms with Crippen molar-refractivity contribution in [2.75, 3.05) is 0 Å². The summed E-state index contributed by atoms with van der Waals surface area (Å²) < 4.78 is 9.45. The van der Waals surface area contributed by atoms with Gasteiger partial charge in [-0.3, -0.25) is 9.13 Å². The van der Waals surface area contributed by atoms with Gasteiger partial charge in [-0.05, 0) is 87.8 Å². The molecule has 0 spiro atoms. The molecule has 0 aliphatic rings. The normalized spacial score (nSPS) is 15.6. The third kappa shape index (κ3) is 10.6. The van der Waals surface area contributed by atoms with Crippen LogP contribution < -0.4 is 16.2 Å². The first kappa shape index (κ1) is 37.0. The van der Waals surface area contributed by atoms with Crippen LogP contribution in [0.3, 0.4) is 0 Å². The highest BCUT2D eigenvalue weighted by Crippen LogP contribution is 2.28. The van der Waals surface area contributed by atoms with Gasteiger partial charge in [0.05, 0.1) is 0 Å². The van der Waals surface area contributed by atoms with Gasteiger partial charge >= 0.3 is 11.7 Å². The number of carboxylic acid groups (broad SMARTS) is 1. The molecule has 1 heterocycles. The van der Waals surface area contributed by atoms with E-state index in [4.69, 9.17) is 10.5 Å². The van der Waals surface area contributed by atoms with Crippen molar-refractivity contribution in [3.63, 3.8) is 0 Å². The zero-order valence-corrected chi connectivity index (χ0v) is 27.4. The third-order valence-electron chi connectivity index (χ3n) is 8.02. The Kier molecular flexibility index (Phi) is 16.3. The van der Waals surface area contributed by atoms with Crippen LogP contribution in [0.1, 0.15) is 92.3 Å². The number of ether oxygens (including phenoxy) is 1. The summed E-state index contributed by atoms with van der Waals surface area (Å²) in [5, 5.41) is 9.44. The topological polar surface area (TPSA) is 99.5 Å². The predicted octanol–water partition coefficient (Wildman–Crippen LogP) is 7.26.